The second kappa shape index (κ2) is 11.8. The van der Waals surface area contributed by atoms with Gasteiger partial charge >= 0.3 is 0 Å². The van der Waals surface area contributed by atoms with Gasteiger partial charge in [-0.2, -0.15) is 5.10 Å². The zero-order chi connectivity index (χ0) is 22.9. The molecule has 0 unspecified atom stereocenters. The number of pyridine rings is 2. The van der Waals surface area contributed by atoms with E-state index in [2.05, 4.69) is 21.3 Å². The van der Waals surface area contributed by atoms with E-state index >= 15 is 0 Å². The van der Waals surface area contributed by atoms with E-state index in [1.165, 1.54) is 23.9 Å². The van der Waals surface area contributed by atoms with Crippen molar-refractivity contribution >= 4 is 22.5 Å². The lowest BCUT2D eigenvalue weighted by Gasteiger charge is -2.10. The first kappa shape index (κ1) is 23.2. The number of aliphatic hydroxyl groups excluding tert-OH is 1. The largest absolute Gasteiger partial charge is 0.473 e. The van der Waals surface area contributed by atoms with Crippen LogP contribution >= 0.6 is 0 Å². The van der Waals surface area contributed by atoms with Crippen LogP contribution in [0.2, 0.25) is 0 Å². The molecule has 3 heterocycles. The van der Waals surface area contributed by atoms with Crippen molar-refractivity contribution in [2.45, 2.75) is 32.8 Å². The summed E-state index contributed by atoms with van der Waals surface area (Å²) >= 11 is 1.44. The average molecular weight is 466 g/mol. The van der Waals surface area contributed by atoms with Gasteiger partial charge in [0.25, 0.3) is 0 Å². The summed E-state index contributed by atoms with van der Waals surface area (Å²) in [6.45, 7) is 1.51. The average Bonchev–Trinajstić information content (AvgIpc) is 3.33. The Hall–Kier alpha value is -2.94. The molecule has 4 rings (SSSR count). The lowest BCUT2D eigenvalue weighted by Crippen LogP contribution is -2.07. The Bertz CT molecular complexity index is 1160. The third-order valence-electron chi connectivity index (χ3n) is 5.27. The molecule has 0 saturated heterocycles. The Labute approximate surface area is 197 Å². The van der Waals surface area contributed by atoms with Gasteiger partial charge in [-0.05, 0) is 59.8 Å². The molecule has 0 aliphatic rings. The summed E-state index contributed by atoms with van der Waals surface area (Å²) in [6, 6.07) is 13.8. The van der Waals surface area contributed by atoms with Crippen molar-refractivity contribution in [1.29, 1.82) is 0 Å². The molecule has 8 heteroatoms. The highest BCUT2D eigenvalue weighted by molar-refractivity contribution is 7.77. The van der Waals surface area contributed by atoms with Crippen LogP contribution in [0.5, 0.6) is 5.88 Å². The smallest absolute Gasteiger partial charge is 0.213 e. The molecule has 3 aromatic heterocycles. The van der Waals surface area contributed by atoms with Crippen LogP contribution < -0.4 is 4.74 Å². The van der Waals surface area contributed by atoms with E-state index in [0.29, 0.717) is 24.9 Å². The van der Waals surface area contributed by atoms with Gasteiger partial charge < -0.3 is 14.6 Å². The number of aliphatic hydroxyl groups is 1. The minimum absolute atomic E-state index is 0.0727. The number of hydrogen-bond donors (Lipinski definition) is 1. The first-order chi connectivity index (χ1) is 16.3. The van der Waals surface area contributed by atoms with E-state index in [1.54, 1.807) is 18.6 Å². The van der Waals surface area contributed by atoms with Crippen molar-refractivity contribution in [2.24, 2.45) is 0 Å². The first-order valence-corrected chi connectivity index (χ1v) is 12.5. The Balaban J connectivity index is 1.34. The summed E-state index contributed by atoms with van der Waals surface area (Å²) < 4.78 is 13.5. The van der Waals surface area contributed by atoms with Gasteiger partial charge in [-0.3, -0.25) is 4.98 Å². The highest BCUT2D eigenvalue weighted by Crippen LogP contribution is 2.22. The Morgan fingerprint density at radius 3 is 2.76 bits per heavy atom. The molecule has 0 atom stereocenters. The molecule has 1 aromatic carbocycles. The minimum atomic E-state index is -0.0727. The number of ether oxygens (including phenoxy) is 2. The summed E-state index contributed by atoms with van der Waals surface area (Å²) in [5.41, 5.74) is 3.60. The van der Waals surface area contributed by atoms with Crippen molar-refractivity contribution < 1.29 is 14.6 Å². The Kier molecular flexibility index (Phi) is 8.30. The monoisotopic (exact) mass is 465 g/mol. The molecule has 0 aliphatic carbocycles. The zero-order valence-electron chi connectivity index (χ0n) is 18.7. The van der Waals surface area contributed by atoms with Gasteiger partial charge in [0, 0.05) is 42.2 Å². The van der Waals surface area contributed by atoms with E-state index in [-0.39, 0.29) is 6.61 Å². The molecule has 0 bridgehead atoms. The van der Waals surface area contributed by atoms with Crippen molar-refractivity contribution in [3.63, 3.8) is 0 Å². The number of hydrogen-bond acceptors (Lipinski definition) is 6. The topological polar surface area (TPSA) is 82.3 Å². The fourth-order valence-electron chi connectivity index (χ4n) is 3.49. The quantitative estimate of drug-likeness (QED) is 0.195. The van der Waals surface area contributed by atoms with Gasteiger partial charge in [-0.25, -0.2) is 9.67 Å². The lowest BCUT2D eigenvalue weighted by atomic mass is 10.1. The van der Waals surface area contributed by atoms with Gasteiger partial charge in [-0.15, -0.1) is 0 Å². The van der Waals surface area contributed by atoms with Crippen LogP contribution in [-0.4, -0.2) is 43.5 Å². The number of benzene rings is 1. The molecule has 33 heavy (non-hydrogen) atoms. The van der Waals surface area contributed by atoms with E-state index in [1.807, 2.05) is 47.1 Å². The second-order valence-electron chi connectivity index (χ2n) is 7.69. The third-order valence-corrected chi connectivity index (χ3v) is 6.04. The maximum atomic E-state index is 9.30. The maximum Gasteiger partial charge on any atom is 0.213 e. The molecule has 172 valence electrons. The number of thiol groups is 1. The van der Waals surface area contributed by atoms with E-state index < -0.39 is 0 Å². The normalized spacial score (nSPS) is 11.2. The summed E-state index contributed by atoms with van der Waals surface area (Å²) in [4.78, 5) is 8.67. The fraction of sp³-hybridized carbons (Fsp3) is 0.320. The summed E-state index contributed by atoms with van der Waals surface area (Å²) in [5.74, 6) is 1.78. The summed E-state index contributed by atoms with van der Waals surface area (Å²) in [7, 11) is 0. The number of fused-ring (bicyclic) bond motifs is 1. The van der Waals surface area contributed by atoms with E-state index in [4.69, 9.17) is 9.47 Å². The number of aromatic nitrogens is 4. The predicted octanol–water partition coefficient (Wildman–Crippen LogP) is 3.76. The van der Waals surface area contributed by atoms with Gasteiger partial charge in [0.05, 0.1) is 24.3 Å². The zero-order valence-corrected chi connectivity index (χ0v) is 19.6. The predicted molar refractivity (Wildman–Crippen MR) is 132 cm³/mol. The van der Waals surface area contributed by atoms with Crippen molar-refractivity contribution in [1.82, 2.24) is 19.7 Å². The highest BCUT2D eigenvalue weighted by Gasteiger charge is 2.07. The van der Waals surface area contributed by atoms with Gasteiger partial charge in [0.15, 0.2) is 0 Å². The molecule has 0 spiro atoms. The second-order valence-corrected chi connectivity index (χ2v) is 8.77. The summed E-state index contributed by atoms with van der Waals surface area (Å²) in [6.07, 6.45) is 9.78. The standard InChI is InChI=1S/C25H28N4O3S/c1-33-11-3-2-10-31-18-29-24(8-9-28-29)21-6-7-25(27-15-21)32-17-19-4-5-20-14-26-23(16-30)13-22(20)12-19/h4-9,12-15,30H,2-3,10-11,16-18H2,1H3/p+1. The molecule has 0 fully saturated rings. The molecular weight excluding hydrogens is 436 g/mol. The van der Waals surface area contributed by atoms with Crippen molar-refractivity contribution in [3.05, 3.63) is 72.3 Å². The van der Waals surface area contributed by atoms with Crippen molar-refractivity contribution in [3.8, 4) is 17.1 Å². The SMILES string of the molecule is C[SH+]CCCCOCn1nccc1-c1ccc(OCc2ccc3cnc(CO)cc3c2)nc1. The molecule has 0 radical (unpaired) electrons. The minimum Gasteiger partial charge on any atom is -0.473 e. The first-order valence-electron chi connectivity index (χ1n) is 11.0. The maximum absolute atomic E-state index is 9.30. The van der Waals surface area contributed by atoms with Crippen LogP contribution in [0.4, 0.5) is 0 Å². The summed E-state index contributed by atoms with van der Waals surface area (Å²) in [5, 5.41) is 15.7. The van der Waals surface area contributed by atoms with Crippen LogP contribution in [-0.2, 0) is 36.4 Å². The molecule has 0 aliphatic heterocycles. The highest BCUT2D eigenvalue weighted by atomic mass is 32.2. The molecule has 4 aromatic rings. The number of unbranched alkanes of at least 4 members (excludes halogenated alkanes) is 1. The number of nitrogens with zero attached hydrogens (tertiary/aromatic N) is 4. The molecular formula is C25H29N4O3S+. The lowest BCUT2D eigenvalue weighted by molar-refractivity contribution is 0.0681. The molecule has 1 N–H and O–H groups in total. The van der Waals surface area contributed by atoms with Gasteiger partial charge in [0.1, 0.15) is 19.1 Å². The van der Waals surface area contributed by atoms with Crippen LogP contribution in [0.1, 0.15) is 24.1 Å². The van der Waals surface area contributed by atoms with E-state index in [9.17, 15) is 5.11 Å². The van der Waals surface area contributed by atoms with E-state index in [0.717, 1.165) is 40.6 Å². The van der Waals surface area contributed by atoms with Gasteiger partial charge in [0.2, 0.25) is 5.88 Å². The van der Waals surface area contributed by atoms with Crippen LogP contribution in [0, 0.1) is 0 Å². The molecule has 7 nitrogen and oxygen atoms in total. The third kappa shape index (κ3) is 6.31. The van der Waals surface area contributed by atoms with Gasteiger partial charge in [-0.1, -0.05) is 12.1 Å². The Morgan fingerprint density at radius 2 is 1.94 bits per heavy atom. The number of rotatable bonds is 12. The van der Waals surface area contributed by atoms with Crippen LogP contribution in [0.15, 0.2) is 61.1 Å². The van der Waals surface area contributed by atoms with Crippen LogP contribution in [0.3, 0.4) is 0 Å². The van der Waals surface area contributed by atoms with Crippen molar-refractivity contribution in [2.75, 3.05) is 18.6 Å². The Morgan fingerprint density at radius 1 is 1.00 bits per heavy atom. The molecule has 0 saturated carbocycles. The van der Waals surface area contributed by atoms with Crippen LogP contribution in [0.25, 0.3) is 22.0 Å². The fourth-order valence-corrected chi connectivity index (χ4v) is 4.03. The molecule has 0 amide bonds.